The lowest BCUT2D eigenvalue weighted by atomic mass is 9.96. The molecule has 3 heterocycles. The van der Waals surface area contributed by atoms with E-state index in [0.29, 0.717) is 26.2 Å². The predicted octanol–water partition coefficient (Wildman–Crippen LogP) is 2.31. The number of fused-ring (bicyclic) bond motifs is 2. The van der Waals surface area contributed by atoms with Crippen molar-refractivity contribution in [2.24, 2.45) is 4.99 Å². The van der Waals surface area contributed by atoms with Gasteiger partial charge in [0.15, 0.2) is 4.80 Å². The van der Waals surface area contributed by atoms with E-state index >= 15 is 0 Å². The second kappa shape index (κ2) is 8.39. The number of aromatic nitrogens is 1. The molecule has 0 saturated carbocycles. The summed E-state index contributed by atoms with van der Waals surface area (Å²) in [5, 5.41) is 0. The van der Waals surface area contributed by atoms with Crippen molar-refractivity contribution in [2.45, 2.75) is 13.0 Å². The maximum absolute atomic E-state index is 13.9. The molecule has 2 aliphatic rings. The third kappa shape index (κ3) is 3.26. The minimum atomic E-state index is -0.728. The van der Waals surface area contributed by atoms with Gasteiger partial charge in [-0.1, -0.05) is 72.5 Å². The maximum atomic E-state index is 13.9. The number of benzene rings is 2. The molecule has 2 aliphatic heterocycles. The number of para-hydroxylation sites is 1. The number of nitrogens with zero attached hydrogens (tertiary/aromatic N) is 3. The van der Waals surface area contributed by atoms with Crippen LogP contribution in [0.25, 0.3) is 5.57 Å². The van der Waals surface area contributed by atoms with E-state index < -0.39 is 12.0 Å². The Hall–Kier alpha value is -4.04. The second-order valence-corrected chi connectivity index (χ2v) is 8.93. The lowest BCUT2D eigenvalue weighted by Crippen LogP contribution is -2.40. The topological polar surface area (TPSA) is 81.0 Å². The van der Waals surface area contributed by atoms with Gasteiger partial charge in [0.25, 0.3) is 11.5 Å². The molecule has 7 nitrogen and oxygen atoms in total. The summed E-state index contributed by atoms with van der Waals surface area (Å²) in [5.74, 6) is -0.806. The predicted molar refractivity (Wildman–Crippen MR) is 130 cm³/mol. The molecule has 0 fully saturated rings. The van der Waals surface area contributed by atoms with E-state index in [2.05, 4.69) is 11.6 Å². The Morgan fingerprint density at radius 1 is 1.15 bits per heavy atom. The maximum Gasteiger partial charge on any atom is 0.338 e. The molecule has 0 unspecified atom stereocenters. The lowest BCUT2D eigenvalue weighted by molar-refractivity contribution is -0.138. The highest BCUT2D eigenvalue weighted by Crippen LogP contribution is 2.34. The van der Waals surface area contributed by atoms with Gasteiger partial charge >= 0.3 is 5.97 Å². The van der Waals surface area contributed by atoms with Gasteiger partial charge < -0.3 is 9.64 Å². The van der Waals surface area contributed by atoms with Crippen LogP contribution < -0.4 is 19.8 Å². The molecule has 0 bridgehead atoms. The first-order chi connectivity index (χ1) is 16.4. The van der Waals surface area contributed by atoms with Gasteiger partial charge in [-0.25, -0.2) is 9.79 Å². The van der Waals surface area contributed by atoms with Crippen molar-refractivity contribution in [2.75, 3.05) is 18.6 Å². The van der Waals surface area contributed by atoms with Gasteiger partial charge in [-0.2, -0.15) is 0 Å². The largest absolute Gasteiger partial charge is 0.458 e. The summed E-state index contributed by atoms with van der Waals surface area (Å²) in [6, 6.07) is 15.9. The molecule has 2 aromatic carbocycles. The summed E-state index contributed by atoms with van der Waals surface area (Å²) < 4.78 is 7.13. The number of esters is 1. The summed E-state index contributed by atoms with van der Waals surface area (Å²) in [6.45, 7) is 5.37. The number of likely N-dealkylation sites (N-methyl/N-ethyl adjacent to an activating group) is 1. The number of allylic oxidation sites excluding steroid dienone is 1. The number of anilines is 1. The van der Waals surface area contributed by atoms with Crippen molar-refractivity contribution < 1.29 is 14.3 Å². The first-order valence-corrected chi connectivity index (χ1v) is 11.5. The highest BCUT2D eigenvalue weighted by Gasteiger charge is 2.36. The minimum Gasteiger partial charge on any atom is -0.458 e. The van der Waals surface area contributed by atoms with E-state index in [-0.39, 0.29) is 23.6 Å². The van der Waals surface area contributed by atoms with E-state index in [0.717, 1.165) is 22.6 Å². The average Bonchev–Trinajstić information content (AvgIpc) is 3.30. The molecule has 0 spiro atoms. The fraction of sp³-hybridized carbons (Fsp3) is 0.154. The molecule has 1 aromatic heterocycles. The Balaban J connectivity index is 1.81. The zero-order valence-electron chi connectivity index (χ0n) is 18.6. The standard InChI is InChI=1S/C26H21N3O4S/c1-4-14-33-25(32)19-15(2)27-26-29(21(19)16-10-6-5-7-11-16)24(31)22(34-26)20-17-12-8-9-13-18(17)28(3)23(20)30/h4-13,21H,1,14H2,2-3H3/b22-20+/t21-/m1/s1. The molecule has 3 aromatic rings. The molecule has 0 N–H and O–H groups in total. The van der Waals surface area contributed by atoms with E-state index in [9.17, 15) is 14.4 Å². The zero-order chi connectivity index (χ0) is 24.0. The van der Waals surface area contributed by atoms with E-state index in [1.165, 1.54) is 10.6 Å². The van der Waals surface area contributed by atoms with Crippen LogP contribution in [0.3, 0.4) is 0 Å². The zero-order valence-corrected chi connectivity index (χ0v) is 19.5. The van der Waals surface area contributed by atoms with Crippen molar-refractivity contribution >= 4 is 34.5 Å². The second-order valence-electron chi connectivity index (χ2n) is 7.96. The number of carbonyl (C=O) groups excluding carboxylic acids is 2. The van der Waals surface area contributed by atoms with Crippen LogP contribution in [0.4, 0.5) is 5.69 Å². The molecule has 34 heavy (non-hydrogen) atoms. The van der Waals surface area contributed by atoms with Gasteiger partial charge in [0.1, 0.15) is 11.1 Å². The Kier molecular flexibility index (Phi) is 5.37. The number of hydrogen-bond acceptors (Lipinski definition) is 6. The van der Waals surface area contributed by atoms with Crippen molar-refractivity contribution in [3.8, 4) is 0 Å². The van der Waals surface area contributed by atoms with Gasteiger partial charge in [-0.3, -0.25) is 14.2 Å². The number of ether oxygens (including phenoxy) is 1. The number of amides is 1. The monoisotopic (exact) mass is 471 g/mol. The van der Waals surface area contributed by atoms with E-state index in [1.807, 2.05) is 54.6 Å². The fourth-order valence-corrected chi connectivity index (χ4v) is 5.52. The quantitative estimate of drug-likeness (QED) is 0.432. The summed E-state index contributed by atoms with van der Waals surface area (Å²) in [7, 11) is 1.69. The van der Waals surface area contributed by atoms with Crippen LogP contribution in [0.2, 0.25) is 0 Å². The highest BCUT2D eigenvalue weighted by atomic mass is 32.1. The molecule has 5 rings (SSSR count). The number of hydrogen-bond donors (Lipinski definition) is 0. The van der Waals surface area contributed by atoms with Crippen molar-refractivity contribution in [1.82, 2.24) is 4.57 Å². The molecular weight excluding hydrogens is 450 g/mol. The van der Waals surface area contributed by atoms with Crippen LogP contribution >= 0.6 is 11.3 Å². The van der Waals surface area contributed by atoms with Gasteiger partial charge in [-0.15, -0.1) is 0 Å². The first-order valence-electron chi connectivity index (χ1n) is 10.7. The Labute approximate surface area is 199 Å². The van der Waals surface area contributed by atoms with Crippen LogP contribution in [0.5, 0.6) is 0 Å². The van der Waals surface area contributed by atoms with E-state index in [1.54, 1.807) is 18.9 Å². The van der Waals surface area contributed by atoms with Crippen LogP contribution in [0.1, 0.15) is 24.1 Å². The first kappa shape index (κ1) is 21.8. The number of thiazole rings is 1. The summed E-state index contributed by atoms with van der Waals surface area (Å²) in [5.41, 5.74) is 2.94. The smallest absolute Gasteiger partial charge is 0.338 e. The Bertz CT molecular complexity index is 1560. The SMILES string of the molecule is C=CCOC(=O)C1=C(C)N=c2s/c(=C3/C(=O)N(C)c4ccccc43)c(=O)n2[C@@H]1c1ccccc1. The number of rotatable bonds is 4. The van der Waals surface area contributed by atoms with Gasteiger partial charge in [0, 0.05) is 12.6 Å². The summed E-state index contributed by atoms with van der Waals surface area (Å²) in [6.07, 6.45) is 1.49. The lowest BCUT2D eigenvalue weighted by Gasteiger charge is -2.24. The van der Waals surface area contributed by atoms with Gasteiger partial charge in [-0.05, 0) is 18.6 Å². The number of carbonyl (C=O) groups is 2. The average molecular weight is 472 g/mol. The third-order valence-electron chi connectivity index (χ3n) is 5.95. The highest BCUT2D eigenvalue weighted by molar-refractivity contribution is 7.07. The fourth-order valence-electron chi connectivity index (χ4n) is 4.39. The molecule has 0 aliphatic carbocycles. The molecule has 1 atom stereocenters. The summed E-state index contributed by atoms with van der Waals surface area (Å²) in [4.78, 5) is 46.6. The molecular formula is C26H21N3O4S. The minimum absolute atomic E-state index is 0.0450. The molecule has 0 radical (unpaired) electrons. The van der Waals surface area contributed by atoms with Crippen LogP contribution in [-0.4, -0.2) is 30.1 Å². The van der Waals surface area contributed by atoms with Crippen molar-refractivity contribution in [3.63, 3.8) is 0 Å². The molecule has 0 saturated heterocycles. The normalized spacial score (nSPS) is 18.4. The van der Waals surface area contributed by atoms with Gasteiger partial charge in [0.05, 0.1) is 28.6 Å². The van der Waals surface area contributed by atoms with Crippen molar-refractivity contribution in [1.29, 1.82) is 0 Å². The molecule has 1 amide bonds. The Morgan fingerprint density at radius 3 is 2.59 bits per heavy atom. The molecule has 8 heteroatoms. The van der Waals surface area contributed by atoms with E-state index in [4.69, 9.17) is 4.74 Å². The molecule has 170 valence electrons. The van der Waals surface area contributed by atoms with Crippen LogP contribution in [0.15, 0.2) is 88.3 Å². The van der Waals surface area contributed by atoms with Gasteiger partial charge in [0.2, 0.25) is 0 Å². The van der Waals surface area contributed by atoms with Crippen molar-refractivity contribution in [3.05, 3.63) is 109 Å². The van der Waals surface area contributed by atoms with Crippen LogP contribution in [-0.2, 0) is 14.3 Å². The summed E-state index contributed by atoms with van der Waals surface area (Å²) >= 11 is 1.16. The van der Waals surface area contributed by atoms with Crippen LogP contribution in [0, 0.1) is 0 Å². The third-order valence-corrected chi connectivity index (χ3v) is 7.00. The Morgan fingerprint density at radius 2 is 1.85 bits per heavy atom.